The Morgan fingerprint density at radius 1 is 1.31 bits per heavy atom. The molecule has 0 spiro atoms. The molecule has 1 aliphatic rings. The number of aryl methyl sites for hydroxylation is 1. The number of carbonyl (C=O) groups is 2. The highest BCUT2D eigenvalue weighted by Crippen LogP contribution is 2.32. The molecule has 8 heteroatoms. The number of thiazole rings is 1. The molecular formula is C18H19ClN2O4S. The molecule has 2 N–H and O–H groups in total. The maximum Gasteiger partial charge on any atom is 0.332 e. The molecule has 1 aromatic carbocycles. The zero-order valence-electron chi connectivity index (χ0n) is 14.4. The van der Waals surface area contributed by atoms with Crippen LogP contribution in [0.15, 0.2) is 24.3 Å². The number of rotatable bonds is 5. The summed E-state index contributed by atoms with van der Waals surface area (Å²) >= 11 is 7.43. The van der Waals surface area contributed by atoms with E-state index in [2.05, 4.69) is 10.3 Å². The quantitative estimate of drug-likeness (QED) is 0.809. The number of amides is 1. The summed E-state index contributed by atoms with van der Waals surface area (Å²) in [6.45, 7) is 3.79. The third kappa shape index (κ3) is 4.06. The van der Waals surface area contributed by atoms with E-state index in [1.807, 2.05) is 38.1 Å². The molecule has 1 fully saturated rings. The maximum absolute atomic E-state index is 12.4. The lowest BCUT2D eigenvalue weighted by Crippen LogP contribution is -2.37. The summed E-state index contributed by atoms with van der Waals surface area (Å²) in [7, 11) is 0. The summed E-state index contributed by atoms with van der Waals surface area (Å²) in [5, 5.41) is 13.4. The lowest BCUT2D eigenvalue weighted by Gasteiger charge is -2.16. The number of halogens is 1. The van der Waals surface area contributed by atoms with Crippen molar-refractivity contribution in [2.24, 2.45) is 0 Å². The molecule has 0 saturated carbocycles. The molecule has 2 heterocycles. The number of hydrogen-bond acceptors (Lipinski definition) is 5. The van der Waals surface area contributed by atoms with Crippen LogP contribution >= 0.6 is 22.9 Å². The standard InChI is InChI=1S/C18H19ClN2O4S/c1-9(20-16(22)13-7-8-14(25-13)18(23)24)15-10(2)21-17(26-15)11-3-5-12(19)6-4-11/h3-6,9,13-14H,7-8H2,1-2H3,(H,20,22)(H,23,24)/t9?,13-,14+/m0/s1. The Bertz CT molecular complexity index is 821. The van der Waals surface area contributed by atoms with Crippen LogP contribution in [0.3, 0.4) is 0 Å². The van der Waals surface area contributed by atoms with Crippen molar-refractivity contribution in [3.8, 4) is 10.6 Å². The number of carbonyl (C=O) groups excluding carboxylic acids is 1. The van der Waals surface area contributed by atoms with E-state index in [4.69, 9.17) is 21.4 Å². The van der Waals surface area contributed by atoms with E-state index in [-0.39, 0.29) is 11.9 Å². The number of carboxylic acid groups (broad SMARTS) is 1. The second-order valence-electron chi connectivity index (χ2n) is 6.23. The minimum absolute atomic E-state index is 0.242. The van der Waals surface area contributed by atoms with Crippen molar-refractivity contribution in [3.05, 3.63) is 39.9 Å². The SMILES string of the molecule is Cc1nc(-c2ccc(Cl)cc2)sc1C(C)NC(=O)[C@@H]1CC[C@H](C(=O)O)O1. The van der Waals surface area contributed by atoms with E-state index in [9.17, 15) is 9.59 Å². The fraction of sp³-hybridized carbons (Fsp3) is 0.389. The highest BCUT2D eigenvalue weighted by atomic mass is 35.5. The van der Waals surface area contributed by atoms with Gasteiger partial charge in [-0.2, -0.15) is 0 Å². The van der Waals surface area contributed by atoms with Crippen LogP contribution in [-0.4, -0.2) is 34.2 Å². The van der Waals surface area contributed by atoms with E-state index >= 15 is 0 Å². The first-order chi connectivity index (χ1) is 12.3. The van der Waals surface area contributed by atoms with Crippen molar-refractivity contribution in [2.45, 2.75) is 44.9 Å². The fourth-order valence-corrected chi connectivity index (χ4v) is 4.11. The first-order valence-electron chi connectivity index (χ1n) is 8.27. The zero-order valence-corrected chi connectivity index (χ0v) is 15.9. The van der Waals surface area contributed by atoms with Crippen LogP contribution in [0.5, 0.6) is 0 Å². The molecule has 1 saturated heterocycles. The van der Waals surface area contributed by atoms with Crippen molar-refractivity contribution in [3.63, 3.8) is 0 Å². The Balaban J connectivity index is 1.68. The number of hydrogen-bond donors (Lipinski definition) is 2. The van der Waals surface area contributed by atoms with Crippen LogP contribution in [0, 0.1) is 6.92 Å². The van der Waals surface area contributed by atoms with E-state index in [0.717, 1.165) is 21.1 Å². The van der Waals surface area contributed by atoms with E-state index in [1.165, 1.54) is 11.3 Å². The van der Waals surface area contributed by atoms with Crippen LogP contribution in [0.1, 0.15) is 36.4 Å². The summed E-state index contributed by atoms with van der Waals surface area (Å²) in [6, 6.07) is 7.20. The predicted octanol–water partition coefficient (Wildman–Crippen LogP) is 3.58. The Kier molecular flexibility index (Phi) is 5.60. The van der Waals surface area contributed by atoms with Gasteiger partial charge in [0.2, 0.25) is 5.91 Å². The molecular weight excluding hydrogens is 376 g/mol. The fourth-order valence-electron chi connectivity index (χ4n) is 2.91. The number of nitrogens with one attached hydrogen (secondary N) is 1. The highest BCUT2D eigenvalue weighted by Gasteiger charge is 2.35. The van der Waals surface area contributed by atoms with Gasteiger partial charge in [-0.15, -0.1) is 11.3 Å². The molecule has 1 unspecified atom stereocenters. The van der Waals surface area contributed by atoms with Crippen molar-refractivity contribution in [1.82, 2.24) is 10.3 Å². The molecule has 0 aliphatic carbocycles. The second-order valence-corrected chi connectivity index (χ2v) is 7.70. The lowest BCUT2D eigenvalue weighted by molar-refractivity contribution is -0.151. The van der Waals surface area contributed by atoms with E-state index in [0.29, 0.717) is 17.9 Å². The highest BCUT2D eigenvalue weighted by molar-refractivity contribution is 7.15. The van der Waals surface area contributed by atoms with Crippen LogP contribution in [-0.2, 0) is 14.3 Å². The minimum atomic E-state index is -1.03. The minimum Gasteiger partial charge on any atom is -0.479 e. The third-order valence-corrected chi connectivity index (χ3v) is 5.90. The maximum atomic E-state index is 12.4. The average Bonchev–Trinajstić information content (AvgIpc) is 3.22. The van der Waals surface area contributed by atoms with E-state index < -0.39 is 18.2 Å². The summed E-state index contributed by atoms with van der Waals surface area (Å²) in [5.74, 6) is -1.32. The smallest absolute Gasteiger partial charge is 0.332 e. The largest absolute Gasteiger partial charge is 0.479 e. The number of ether oxygens (including phenoxy) is 1. The Morgan fingerprint density at radius 3 is 2.58 bits per heavy atom. The van der Waals surface area contributed by atoms with Gasteiger partial charge < -0.3 is 15.2 Å². The molecule has 138 valence electrons. The molecule has 3 rings (SSSR count). The second kappa shape index (κ2) is 7.73. The first-order valence-corrected chi connectivity index (χ1v) is 9.46. The van der Waals surface area contributed by atoms with Crippen LogP contribution in [0.2, 0.25) is 5.02 Å². The predicted molar refractivity (Wildman–Crippen MR) is 99.4 cm³/mol. The molecule has 2 aromatic rings. The summed E-state index contributed by atoms with van der Waals surface area (Å²) < 4.78 is 5.30. The Hall–Kier alpha value is -1.96. The average molecular weight is 395 g/mol. The lowest BCUT2D eigenvalue weighted by atomic mass is 10.1. The van der Waals surface area contributed by atoms with Gasteiger partial charge in [-0.3, -0.25) is 4.79 Å². The summed E-state index contributed by atoms with van der Waals surface area (Å²) in [4.78, 5) is 28.8. The molecule has 1 amide bonds. The Morgan fingerprint density at radius 2 is 1.96 bits per heavy atom. The number of carboxylic acids is 1. The molecule has 3 atom stereocenters. The molecule has 1 aromatic heterocycles. The molecule has 1 aliphatic heterocycles. The van der Waals surface area contributed by atoms with Crippen molar-refractivity contribution >= 4 is 34.8 Å². The van der Waals surface area contributed by atoms with Gasteiger partial charge in [-0.05, 0) is 38.8 Å². The first kappa shape index (κ1) is 18.8. The number of aliphatic carboxylic acids is 1. The van der Waals surface area contributed by atoms with Crippen molar-refractivity contribution < 1.29 is 19.4 Å². The number of aromatic nitrogens is 1. The van der Waals surface area contributed by atoms with Crippen LogP contribution < -0.4 is 5.32 Å². The zero-order chi connectivity index (χ0) is 18.8. The van der Waals surface area contributed by atoms with E-state index in [1.54, 1.807) is 0 Å². The molecule has 0 bridgehead atoms. The van der Waals surface area contributed by atoms with Crippen molar-refractivity contribution in [1.29, 1.82) is 0 Å². The summed E-state index contributed by atoms with van der Waals surface area (Å²) in [6.07, 6.45) is -0.861. The Labute approximate surface area is 160 Å². The molecule has 26 heavy (non-hydrogen) atoms. The van der Waals surface area contributed by atoms with Crippen LogP contribution in [0.4, 0.5) is 0 Å². The van der Waals surface area contributed by atoms with Crippen LogP contribution in [0.25, 0.3) is 10.6 Å². The third-order valence-electron chi connectivity index (χ3n) is 4.26. The number of nitrogens with zero attached hydrogens (tertiary/aromatic N) is 1. The molecule has 6 nitrogen and oxygen atoms in total. The summed E-state index contributed by atoms with van der Waals surface area (Å²) in [5.41, 5.74) is 1.82. The topological polar surface area (TPSA) is 88.5 Å². The molecule has 0 radical (unpaired) electrons. The van der Waals surface area contributed by atoms with Gasteiger partial charge >= 0.3 is 5.97 Å². The van der Waals surface area contributed by atoms with Gasteiger partial charge in [0.25, 0.3) is 0 Å². The number of benzene rings is 1. The van der Waals surface area contributed by atoms with Gasteiger partial charge in [0.1, 0.15) is 11.1 Å². The van der Waals surface area contributed by atoms with Gasteiger partial charge in [0, 0.05) is 10.6 Å². The normalized spacial score (nSPS) is 20.7. The van der Waals surface area contributed by atoms with Gasteiger partial charge in [-0.25, -0.2) is 9.78 Å². The van der Waals surface area contributed by atoms with Gasteiger partial charge in [0.15, 0.2) is 6.10 Å². The van der Waals surface area contributed by atoms with Gasteiger partial charge in [-0.1, -0.05) is 23.7 Å². The van der Waals surface area contributed by atoms with Crippen molar-refractivity contribution in [2.75, 3.05) is 0 Å². The monoisotopic (exact) mass is 394 g/mol. The van der Waals surface area contributed by atoms with Gasteiger partial charge in [0.05, 0.1) is 16.6 Å².